The number of aliphatic imine (C=N–C) groups is 2. The smallest absolute Gasteiger partial charge is 0.449 e. The summed E-state index contributed by atoms with van der Waals surface area (Å²) in [5.41, 5.74) is 7.51. The summed E-state index contributed by atoms with van der Waals surface area (Å²) in [5.74, 6) is -2.15. The summed E-state index contributed by atoms with van der Waals surface area (Å²) in [7, 11) is 1.30. The second-order valence-electron chi connectivity index (χ2n) is 6.49. The summed E-state index contributed by atoms with van der Waals surface area (Å²) >= 11 is 0. The van der Waals surface area contributed by atoms with Crippen molar-refractivity contribution in [3.05, 3.63) is 58.2 Å². The predicted molar refractivity (Wildman–Crippen MR) is 103 cm³/mol. The highest BCUT2D eigenvalue weighted by Gasteiger charge is 2.38. The van der Waals surface area contributed by atoms with Gasteiger partial charge in [0.05, 0.1) is 37.0 Å². The number of fused-ring (bicyclic) bond motifs is 1. The van der Waals surface area contributed by atoms with Gasteiger partial charge in [-0.15, -0.1) is 0 Å². The third kappa shape index (κ3) is 4.04. The average molecular weight is 421 g/mol. The molecule has 2 aliphatic rings. The molecule has 0 atom stereocenters. The van der Waals surface area contributed by atoms with E-state index >= 15 is 0 Å². The molecule has 0 unspecified atom stereocenters. The molecular formula is C19H18F3N5O3. The number of carbonyl (C=O) groups excluding carboxylic acids is 2. The Bertz CT molecular complexity index is 1020. The maximum atomic E-state index is 12.7. The van der Waals surface area contributed by atoms with Gasteiger partial charge in [-0.3, -0.25) is 24.5 Å². The quantitative estimate of drug-likeness (QED) is 0.429. The Labute approximate surface area is 169 Å². The number of alkyl halides is 3. The molecule has 3 rings (SSSR count). The number of carbonyl (C=O) groups is 2. The normalized spacial score (nSPS) is 17.4. The number of aryl methyl sites for hydroxylation is 1. The zero-order valence-electron chi connectivity index (χ0n) is 16.1. The van der Waals surface area contributed by atoms with Crippen LogP contribution >= 0.6 is 0 Å². The molecule has 3 N–H and O–H groups in total. The molecule has 0 saturated heterocycles. The number of nitrogens with zero attached hydrogens (tertiary/aromatic N) is 3. The third-order valence-electron chi connectivity index (χ3n) is 4.50. The van der Waals surface area contributed by atoms with Crippen molar-refractivity contribution in [1.82, 2.24) is 10.2 Å². The number of amidine groups is 1. The van der Waals surface area contributed by atoms with Gasteiger partial charge in [-0.25, -0.2) is 0 Å². The van der Waals surface area contributed by atoms with Crippen LogP contribution in [0.25, 0.3) is 0 Å². The zero-order valence-corrected chi connectivity index (χ0v) is 16.1. The highest BCUT2D eigenvalue weighted by molar-refractivity contribution is 6.22. The Morgan fingerprint density at radius 1 is 1.37 bits per heavy atom. The fraction of sp³-hybridized carbons (Fsp3) is 0.263. The van der Waals surface area contributed by atoms with Gasteiger partial charge in [0, 0.05) is 18.0 Å². The number of imide groups is 1. The van der Waals surface area contributed by atoms with Gasteiger partial charge in [-0.05, 0) is 18.6 Å². The maximum Gasteiger partial charge on any atom is 0.449 e. The minimum atomic E-state index is -4.58. The van der Waals surface area contributed by atoms with Gasteiger partial charge in [0.25, 0.3) is 11.8 Å². The van der Waals surface area contributed by atoms with E-state index in [2.05, 4.69) is 9.98 Å². The summed E-state index contributed by atoms with van der Waals surface area (Å²) in [5, 5.41) is 2.03. The summed E-state index contributed by atoms with van der Waals surface area (Å²) in [6, 6.07) is 4.98. The van der Waals surface area contributed by atoms with E-state index in [-0.39, 0.29) is 30.2 Å². The van der Waals surface area contributed by atoms with Crippen molar-refractivity contribution in [2.75, 3.05) is 20.2 Å². The van der Waals surface area contributed by atoms with Crippen LogP contribution in [0, 0.1) is 6.92 Å². The van der Waals surface area contributed by atoms with E-state index in [0.29, 0.717) is 16.7 Å². The first-order valence-electron chi connectivity index (χ1n) is 8.73. The molecule has 0 bridgehead atoms. The summed E-state index contributed by atoms with van der Waals surface area (Å²) < 4.78 is 42.8. The van der Waals surface area contributed by atoms with Gasteiger partial charge < -0.3 is 15.8 Å². The molecule has 2 amide bonds. The van der Waals surface area contributed by atoms with E-state index < -0.39 is 23.8 Å². The highest BCUT2D eigenvalue weighted by Crippen LogP contribution is 2.26. The van der Waals surface area contributed by atoms with Crippen molar-refractivity contribution in [3.63, 3.8) is 0 Å². The van der Waals surface area contributed by atoms with Crippen molar-refractivity contribution in [3.8, 4) is 0 Å². The van der Waals surface area contributed by atoms with Gasteiger partial charge in [0.15, 0.2) is 5.88 Å². The first kappa shape index (κ1) is 21.1. The van der Waals surface area contributed by atoms with Crippen LogP contribution in [0.3, 0.4) is 0 Å². The van der Waals surface area contributed by atoms with E-state index in [1.54, 1.807) is 25.1 Å². The lowest BCUT2D eigenvalue weighted by Crippen LogP contribution is -2.36. The number of nitrogens with one attached hydrogen (secondary N) is 1. The number of methoxy groups -OCH3 is 1. The first-order valence-corrected chi connectivity index (χ1v) is 8.73. The lowest BCUT2D eigenvalue weighted by molar-refractivity contribution is -0.0615. The predicted octanol–water partition coefficient (Wildman–Crippen LogP) is 1.88. The molecule has 0 saturated carbocycles. The van der Waals surface area contributed by atoms with Crippen LogP contribution in [0.4, 0.5) is 13.2 Å². The van der Waals surface area contributed by atoms with E-state index in [4.69, 9.17) is 10.5 Å². The molecule has 30 heavy (non-hydrogen) atoms. The molecule has 0 fully saturated rings. The van der Waals surface area contributed by atoms with Gasteiger partial charge in [0.1, 0.15) is 0 Å². The van der Waals surface area contributed by atoms with Crippen LogP contribution in [0.5, 0.6) is 0 Å². The summed E-state index contributed by atoms with van der Waals surface area (Å²) in [6.45, 7) is 1.21. The van der Waals surface area contributed by atoms with Crippen molar-refractivity contribution >= 4 is 23.9 Å². The molecule has 0 spiro atoms. The molecule has 8 nitrogen and oxygen atoms in total. The summed E-state index contributed by atoms with van der Waals surface area (Å²) in [6.07, 6.45) is -2.28. The standard InChI is InChI=1S/C19H18F3N5O3/c1-10-4-3-5-13-14(10)17(29)27(16(13)28)9-11(15(23)30-2)6-24-12-7-25-18(26-8-12)19(20,21)22/h3-7H,8-9,23H2,1-2H3,(H,25,26). The Balaban J connectivity index is 1.79. The fourth-order valence-electron chi connectivity index (χ4n) is 2.94. The van der Waals surface area contributed by atoms with Crippen LogP contribution in [-0.4, -0.2) is 55.1 Å². The van der Waals surface area contributed by atoms with Crippen molar-refractivity contribution in [2.24, 2.45) is 15.7 Å². The zero-order chi connectivity index (χ0) is 22.1. The van der Waals surface area contributed by atoms with Crippen molar-refractivity contribution in [1.29, 1.82) is 0 Å². The number of halogens is 3. The van der Waals surface area contributed by atoms with Gasteiger partial charge in [0.2, 0.25) is 5.84 Å². The Morgan fingerprint density at radius 3 is 2.67 bits per heavy atom. The first-order chi connectivity index (χ1) is 14.1. The second kappa shape index (κ2) is 8.01. The molecule has 158 valence electrons. The lowest BCUT2D eigenvalue weighted by atomic mass is 10.0. The highest BCUT2D eigenvalue weighted by atomic mass is 19.4. The Kier molecular flexibility index (Phi) is 5.63. The van der Waals surface area contributed by atoms with Gasteiger partial charge in [-0.2, -0.15) is 13.2 Å². The van der Waals surface area contributed by atoms with E-state index in [1.807, 2.05) is 5.32 Å². The molecule has 0 aromatic heterocycles. The average Bonchev–Trinajstić information content (AvgIpc) is 2.95. The number of hydrogen-bond donors (Lipinski definition) is 2. The third-order valence-corrected chi connectivity index (χ3v) is 4.50. The van der Waals surface area contributed by atoms with Crippen LogP contribution in [-0.2, 0) is 4.74 Å². The Hall–Kier alpha value is -3.63. The molecule has 2 aliphatic heterocycles. The maximum absolute atomic E-state index is 12.7. The minimum absolute atomic E-state index is 0.0871. The number of nitrogens with two attached hydrogens (primary N) is 1. The molecular weight excluding hydrogens is 403 g/mol. The SMILES string of the molecule is COC(N)=C(C=NC1=CNC(C(F)(F)F)=NC1)CN1C(=O)c2cccc(C)c2C1=O. The van der Waals surface area contributed by atoms with E-state index in [9.17, 15) is 22.8 Å². The number of benzene rings is 1. The number of ether oxygens (including phenoxy) is 1. The number of hydrogen-bond acceptors (Lipinski definition) is 7. The molecule has 11 heteroatoms. The van der Waals surface area contributed by atoms with E-state index in [1.165, 1.54) is 13.3 Å². The monoisotopic (exact) mass is 421 g/mol. The molecule has 1 aromatic carbocycles. The topological polar surface area (TPSA) is 109 Å². The van der Waals surface area contributed by atoms with Crippen molar-refractivity contribution in [2.45, 2.75) is 13.1 Å². The van der Waals surface area contributed by atoms with Gasteiger partial charge in [-0.1, -0.05) is 12.1 Å². The molecule has 0 aliphatic carbocycles. The molecule has 2 heterocycles. The van der Waals surface area contributed by atoms with E-state index in [0.717, 1.165) is 11.1 Å². The lowest BCUT2D eigenvalue weighted by Gasteiger charge is -2.17. The van der Waals surface area contributed by atoms with Crippen LogP contribution in [0.2, 0.25) is 0 Å². The fourth-order valence-corrected chi connectivity index (χ4v) is 2.94. The Morgan fingerprint density at radius 2 is 2.10 bits per heavy atom. The summed E-state index contributed by atoms with van der Waals surface area (Å²) in [4.78, 5) is 33.8. The van der Waals surface area contributed by atoms with Gasteiger partial charge >= 0.3 is 6.18 Å². The number of amides is 2. The van der Waals surface area contributed by atoms with Crippen LogP contribution < -0.4 is 11.1 Å². The molecule has 0 radical (unpaired) electrons. The van der Waals surface area contributed by atoms with Crippen LogP contribution in [0.15, 0.2) is 51.5 Å². The molecule has 1 aromatic rings. The van der Waals surface area contributed by atoms with Crippen LogP contribution in [0.1, 0.15) is 26.3 Å². The van der Waals surface area contributed by atoms with Crippen molar-refractivity contribution < 1.29 is 27.5 Å². The second-order valence-corrected chi connectivity index (χ2v) is 6.49. The minimum Gasteiger partial charge on any atom is -0.482 e. The largest absolute Gasteiger partial charge is 0.482 e. The number of rotatable bonds is 5.